The molecule has 7 nitrogen and oxygen atoms in total. The number of rotatable bonds is 6. The first-order valence-corrected chi connectivity index (χ1v) is 9.63. The molecule has 0 spiro atoms. The number of hydrogen-bond acceptors (Lipinski definition) is 5. The molecular formula is C18H27N3O4S. The molecule has 1 aliphatic heterocycles. The number of amides is 3. The summed E-state index contributed by atoms with van der Waals surface area (Å²) in [5, 5.41) is 12.8. The molecule has 3 amide bonds. The number of carboxylic acid groups (broad SMARTS) is 1. The molecule has 1 aromatic rings. The number of nitrogens with zero attached hydrogens (tertiary/aromatic N) is 3. The summed E-state index contributed by atoms with van der Waals surface area (Å²) in [6, 6.07) is -0.563. The van der Waals surface area contributed by atoms with Crippen molar-refractivity contribution < 1.29 is 19.5 Å². The van der Waals surface area contributed by atoms with Gasteiger partial charge in [-0.2, -0.15) is 0 Å². The average Bonchev–Trinajstić information content (AvgIpc) is 3.06. The molecule has 0 radical (unpaired) electrons. The second-order valence-corrected chi connectivity index (χ2v) is 8.85. The van der Waals surface area contributed by atoms with Crippen LogP contribution in [0.4, 0.5) is 4.79 Å². The smallest absolute Gasteiger partial charge is 0.330 e. The molecule has 1 unspecified atom stereocenters. The molecule has 1 atom stereocenters. The molecule has 8 heteroatoms. The van der Waals surface area contributed by atoms with Crippen molar-refractivity contribution in [3.63, 3.8) is 0 Å². The van der Waals surface area contributed by atoms with Gasteiger partial charge in [-0.1, -0.05) is 41.5 Å². The van der Waals surface area contributed by atoms with Crippen molar-refractivity contribution >= 4 is 29.2 Å². The predicted octanol–water partition coefficient (Wildman–Crippen LogP) is 3.00. The van der Waals surface area contributed by atoms with Gasteiger partial charge in [0.25, 0.3) is 5.91 Å². The van der Waals surface area contributed by atoms with Crippen LogP contribution in [-0.4, -0.2) is 49.9 Å². The van der Waals surface area contributed by atoms with E-state index < -0.39 is 28.9 Å². The maximum atomic E-state index is 13.0. The summed E-state index contributed by atoms with van der Waals surface area (Å²) in [6.45, 7) is 10.7. The second-order valence-electron chi connectivity index (χ2n) is 7.91. The highest BCUT2D eigenvalue weighted by molar-refractivity contribution is 7.09. The SMILES string of the molecule is CCc1nc(CN2C(=O)CN(C(C(=O)O)(C(C)C)C(C)(C)C)C2=O)cs1. The molecule has 2 rings (SSSR count). The fraction of sp³-hybridized carbons (Fsp3) is 0.667. The number of thiazole rings is 1. The van der Waals surface area contributed by atoms with Crippen molar-refractivity contribution in [2.24, 2.45) is 11.3 Å². The summed E-state index contributed by atoms with van der Waals surface area (Å²) in [6.07, 6.45) is 0.790. The standard InChI is InChI=1S/C18H27N3O4S/c1-7-13-19-12(10-26-13)8-20-14(22)9-21(16(20)25)18(11(2)3,15(23)24)17(4,5)6/h10-11H,7-9H2,1-6H3,(H,23,24). The van der Waals surface area contributed by atoms with Gasteiger partial charge >= 0.3 is 12.0 Å². The van der Waals surface area contributed by atoms with Crippen LogP contribution in [0.2, 0.25) is 0 Å². The van der Waals surface area contributed by atoms with Gasteiger partial charge in [-0.05, 0) is 17.8 Å². The topological polar surface area (TPSA) is 90.8 Å². The van der Waals surface area contributed by atoms with E-state index in [4.69, 9.17) is 0 Å². The maximum absolute atomic E-state index is 13.0. The van der Waals surface area contributed by atoms with Crippen LogP contribution in [0.15, 0.2) is 5.38 Å². The Morgan fingerprint density at radius 1 is 1.35 bits per heavy atom. The lowest BCUT2D eigenvalue weighted by Crippen LogP contribution is -2.66. The average molecular weight is 381 g/mol. The summed E-state index contributed by atoms with van der Waals surface area (Å²) < 4.78 is 0. The van der Waals surface area contributed by atoms with Crippen molar-refractivity contribution in [1.29, 1.82) is 0 Å². The molecule has 1 fully saturated rings. The van der Waals surface area contributed by atoms with E-state index in [1.54, 1.807) is 34.6 Å². The molecule has 26 heavy (non-hydrogen) atoms. The molecule has 0 aliphatic carbocycles. The van der Waals surface area contributed by atoms with Gasteiger partial charge < -0.3 is 5.11 Å². The number of urea groups is 1. The second kappa shape index (κ2) is 6.98. The summed E-state index contributed by atoms with van der Waals surface area (Å²) >= 11 is 1.49. The highest BCUT2D eigenvalue weighted by atomic mass is 32.1. The van der Waals surface area contributed by atoms with Gasteiger partial charge in [-0.3, -0.25) is 14.6 Å². The molecule has 1 saturated heterocycles. The van der Waals surface area contributed by atoms with Crippen molar-refractivity contribution in [1.82, 2.24) is 14.8 Å². The van der Waals surface area contributed by atoms with Gasteiger partial charge in [0.1, 0.15) is 12.1 Å². The number of hydrogen-bond donors (Lipinski definition) is 1. The minimum atomic E-state index is -1.48. The van der Waals surface area contributed by atoms with Gasteiger partial charge in [0.2, 0.25) is 0 Å². The predicted molar refractivity (Wildman–Crippen MR) is 98.8 cm³/mol. The van der Waals surface area contributed by atoms with E-state index in [-0.39, 0.29) is 19.0 Å². The van der Waals surface area contributed by atoms with E-state index in [1.165, 1.54) is 16.2 Å². The largest absolute Gasteiger partial charge is 0.479 e. The molecule has 1 N–H and O–H groups in total. The molecule has 0 bridgehead atoms. The lowest BCUT2D eigenvalue weighted by molar-refractivity contribution is -0.161. The van der Waals surface area contributed by atoms with Crippen molar-refractivity contribution in [3.8, 4) is 0 Å². The van der Waals surface area contributed by atoms with Gasteiger partial charge in [0.15, 0.2) is 0 Å². The van der Waals surface area contributed by atoms with Gasteiger partial charge in [-0.25, -0.2) is 14.6 Å². The Balaban J connectivity index is 2.40. The molecule has 0 saturated carbocycles. The van der Waals surface area contributed by atoms with Crippen LogP contribution in [0.3, 0.4) is 0 Å². The van der Waals surface area contributed by atoms with Crippen LogP contribution in [-0.2, 0) is 22.6 Å². The fourth-order valence-electron chi connectivity index (χ4n) is 3.98. The number of aliphatic carboxylic acids is 1. The van der Waals surface area contributed by atoms with Crippen LogP contribution in [0.1, 0.15) is 52.2 Å². The Kier molecular flexibility index (Phi) is 5.46. The van der Waals surface area contributed by atoms with Crippen LogP contribution in [0.5, 0.6) is 0 Å². The zero-order chi connectivity index (χ0) is 19.9. The first kappa shape index (κ1) is 20.4. The minimum absolute atomic E-state index is 0.0720. The number of aromatic nitrogens is 1. The van der Waals surface area contributed by atoms with Gasteiger partial charge in [-0.15, -0.1) is 11.3 Å². The molecule has 1 aromatic heterocycles. The lowest BCUT2D eigenvalue weighted by Gasteiger charge is -2.49. The first-order valence-electron chi connectivity index (χ1n) is 8.75. The Labute approximate surface area is 158 Å². The van der Waals surface area contributed by atoms with Crippen molar-refractivity contribution in [2.75, 3.05) is 6.54 Å². The third kappa shape index (κ3) is 3.11. The van der Waals surface area contributed by atoms with E-state index in [0.29, 0.717) is 5.69 Å². The maximum Gasteiger partial charge on any atom is 0.330 e. The van der Waals surface area contributed by atoms with E-state index in [1.807, 2.05) is 12.3 Å². The molecule has 1 aliphatic rings. The van der Waals surface area contributed by atoms with E-state index >= 15 is 0 Å². The highest BCUT2D eigenvalue weighted by Gasteiger charge is 2.60. The van der Waals surface area contributed by atoms with Gasteiger partial charge in [0, 0.05) is 5.38 Å². The number of carboxylic acids is 1. The zero-order valence-electron chi connectivity index (χ0n) is 16.2. The monoisotopic (exact) mass is 381 g/mol. The number of aryl methyl sites for hydroxylation is 1. The molecule has 2 heterocycles. The van der Waals surface area contributed by atoms with E-state index in [9.17, 15) is 19.5 Å². The highest BCUT2D eigenvalue weighted by Crippen LogP contribution is 2.44. The Morgan fingerprint density at radius 2 is 1.96 bits per heavy atom. The van der Waals surface area contributed by atoms with Crippen LogP contribution in [0.25, 0.3) is 0 Å². The third-order valence-corrected chi connectivity index (χ3v) is 6.05. The lowest BCUT2D eigenvalue weighted by atomic mass is 9.66. The van der Waals surface area contributed by atoms with Crippen LogP contribution < -0.4 is 0 Å². The molecular weight excluding hydrogens is 354 g/mol. The Bertz CT molecular complexity index is 722. The zero-order valence-corrected chi connectivity index (χ0v) is 17.0. The number of carbonyl (C=O) groups excluding carboxylic acids is 2. The van der Waals surface area contributed by atoms with Crippen LogP contribution in [0, 0.1) is 11.3 Å². The first-order chi connectivity index (χ1) is 12.0. The van der Waals surface area contributed by atoms with Gasteiger partial charge in [0.05, 0.1) is 17.2 Å². The fourth-order valence-corrected chi connectivity index (χ4v) is 4.72. The quantitative estimate of drug-likeness (QED) is 0.765. The summed E-state index contributed by atoms with van der Waals surface area (Å²) in [7, 11) is 0. The Hall–Kier alpha value is -1.96. The summed E-state index contributed by atoms with van der Waals surface area (Å²) in [5.41, 5.74) is -1.59. The summed E-state index contributed by atoms with van der Waals surface area (Å²) in [5.74, 6) is -1.86. The van der Waals surface area contributed by atoms with Crippen molar-refractivity contribution in [3.05, 3.63) is 16.1 Å². The summed E-state index contributed by atoms with van der Waals surface area (Å²) in [4.78, 5) is 44.7. The van der Waals surface area contributed by atoms with E-state index in [0.717, 1.165) is 16.3 Å². The molecule has 0 aromatic carbocycles. The Morgan fingerprint density at radius 3 is 2.38 bits per heavy atom. The molecule has 144 valence electrons. The van der Waals surface area contributed by atoms with E-state index in [2.05, 4.69) is 4.98 Å². The van der Waals surface area contributed by atoms with Crippen molar-refractivity contribution in [2.45, 2.75) is 60.0 Å². The normalized spacial score (nSPS) is 18.0. The number of carbonyl (C=O) groups is 3. The third-order valence-electron chi connectivity index (χ3n) is 5.01. The van der Waals surface area contributed by atoms with Crippen LogP contribution >= 0.6 is 11.3 Å². The number of imide groups is 1. The minimum Gasteiger partial charge on any atom is -0.479 e.